The quantitative estimate of drug-likeness (QED) is 0.594. The van der Waals surface area contributed by atoms with E-state index in [1.54, 1.807) is 11.3 Å². The number of carboxylic acids is 1. The lowest BCUT2D eigenvalue weighted by atomic mass is 10.3. The summed E-state index contributed by atoms with van der Waals surface area (Å²) in [7, 11) is 0. The fourth-order valence-electron chi connectivity index (χ4n) is 1.71. The Hall–Kier alpha value is -0.730. The fourth-order valence-corrected chi connectivity index (χ4v) is 5.33. The topological polar surface area (TPSA) is 50.2 Å². The molecule has 3 nitrogen and oxygen atoms in total. The van der Waals surface area contributed by atoms with Crippen molar-refractivity contribution in [3.63, 3.8) is 0 Å². The van der Waals surface area contributed by atoms with Crippen LogP contribution in [0.15, 0.2) is 28.1 Å². The predicted molar refractivity (Wildman–Crippen MR) is 92.8 cm³/mol. The molecule has 0 aromatic carbocycles. The Morgan fingerprint density at radius 3 is 2.81 bits per heavy atom. The van der Waals surface area contributed by atoms with Crippen molar-refractivity contribution >= 4 is 67.5 Å². The molecule has 1 N–H and O–H groups in total. The van der Waals surface area contributed by atoms with Crippen molar-refractivity contribution in [2.75, 3.05) is 0 Å². The average molecular weight is 421 g/mol. The Morgan fingerprint density at radius 2 is 2.14 bits per heavy atom. The van der Waals surface area contributed by atoms with E-state index in [1.807, 2.05) is 23.6 Å². The SMILES string of the molecule is O=C(O)Cc1ccc(-c2csc(-c3cc(Br)c(Cl)s3)n2)s1. The van der Waals surface area contributed by atoms with Crippen molar-refractivity contribution < 1.29 is 9.90 Å². The Morgan fingerprint density at radius 1 is 1.33 bits per heavy atom. The second kappa shape index (κ2) is 6.18. The Labute approximate surface area is 146 Å². The average Bonchev–Trinajstić information content (AvgIpc) is 3.10. The van der Waals surface area contributed by atoms with Gasteiger partial charge in [-0.3, -0.25) is 4.79 Å². The molecule has 0 aliphatic heterocycles. The third-order valence-corrected chi connectivity index (χ3v) is 7.19. The molecule has 3 aromatic rings. The molecule has 0 aliphatic rings. The van der Waals surface area contributed by atoms with Crippen molar-refractivity contribution in [2.45, 2.75) is 6.42 Å². The molecule has 0 unspecified atom stereocenters. The van der Waals surface area contributed by atoms with Crippen molar-refractivity contribution in [1.82, 2.24) is 4.98 Å². The van der Waals surface area contributed by atoms with Gasteiger partial charge in [0.25, 0.3) is 0 Å². The molecule has 108 valence electrons. The second-order valence-corrected chi connectivity index (χ2v) is 8.64. The molecular weight excluding hydrogens is 414 g/mol. The van der Waals surface area contributed by atoms with Crippen LogP contribution in [0.25, 0.3) is 20.5 Å². The number of aliphatic carboxylic acids is 1. The summed E-state index contributed by atoms with van der Waals surface area (Å²) in [6.45, 7) is 0. The number of hydrogen-bond acceptors (Lipinski definition) is 5. The molecule has 0 saturated carbocycles. The smallest absolute Gasteiger partial charge is 0.308 e. The molecule has 0 atom stereocenters. The highest BCUT2D eigenvalue weighted by molar-refractivity contribution is 9.10. The summed E-state index contributed by atoms with van der Waals surface area (Å²) in [6.07, 6.45) is 0.0507. The van der Waals surface area contributed by atoms with Gasteiger partial charge in [-0.05, 0) is 34.1 Å². The summed E-state index contributed by atoms with van der Waals surface area (Å²) in [5, 5.41) is 11.7. The van der Waals surface area contributed by atoms with Gasteiger partial charge in [-0.1, -0.05) is 11.6 Å². The van der Waals surface area contributed by atoms with E-state index in [0.29, 0.717) is 4.34 Å². The molecule has 8 heteroatoms. The van der Waals surface area contributed by atoms with Crippen LogP contribution in [0.3, 0.4) is 0 Å². The largest absolute Gasteiger partial charge is 0.481 e. The van der Waals surface area contributed by atoms with E-state index in [0.717, 1.165) is 29.8 Å². The van der Waals surface area contributed by atoms with Crippen molar-refractivity contribution in [2.24, 2.45) is 0 Å². The second-order valence-electron chi connectivity index (χ2n) is 4.11. The number of aromatic nitrogens is 1. The van der Waals surface area contributed by atoms with E-state index < -0.39 is 5.97 Å². The summed E-state index contributed by atoms with van der Waals surface area (Å²) >= 11 is 13.9. The van der Waals surface area contributed by atoms with Gasteiger partial charge < -0.3 is 5.11 Å². The molecular formula is C13H7BrClNO2S3. The lowest BCUT2D eigenvalue weighted by molar-refractivity contribution is -0.136. The van der Waals surface area contributed by atoms with Gasteiger partial charge in [0.2, 0.25) is 0 Å². The minimum atomic E-state index is -0.819. The van der Waals surface area contributed by atoms with Crippen LogP contribution < -0.4 is 0 Å². The van der Waals surface area contributed by atoms with E-state index in [9.17, 15) is 4.79 Å². The summed E-state index contributed by atoms with van der Waals surface area (Å²) in [5.41, 5.74) is 0.872. The van der Waals surface area contributed by atoms with Crippen LogP contribution in [-0.2, 0) is 11.2 Å². The zero-order chi connectivity index (χ0) is 15.0. The molecule has 0 spiro atoms. The number of carbonyl (C=O) groups is 1. The Kier molecular flexibility index (Phi) is 4.46. The Balaban J connectivity index is 1.87. The van der Waals surface area contributed by atoms with Crippen LogP contribution in [0.4, 0.5) is 0 Å². The van der Waals surface area contributed by atoms with Crippen molar-refractivity contribution in [1.29, 1.82) is 0 Å². The molecule has 0 fully saturated rings. The van der Waals surface area contributed by atoms with Gasteiger partial charge in [-0.25, -0.2) is 4.98 Å². The first kappa shape index (κ1) is 15.2. The molecule has 3 heterocycles. The van der Waals surface area contributed by atoms with Gasteiger partial charge >= 0.3 is 5.97 Å². The van der Waals surface area contributed by atoms with Crippen LogP contribution in [-0.4, -0.2) is 16.1 Å². The highest BCUT2D eigenvalue weighted by Crippen LogP contribution is 2.40. The lowest BCUT2D eigenvalue weighted by Gasteiger charge is -1.90. The van der Waals surface area contributed by atoms with Crippen LogP contribution in [0.1, 0.15) is 4.88 Å². The minimum Gasteiger partial charge on any atom is -0.481 e. The highest BCUT2D eigenvalue weighted by atomic mass is 79.9. The van der Waals surface area contributed by atoms with Crippen LogP contribution >= 0.6 is 61.5 Å². The minimum absolute atomic E-state index is 0.0507. The lowest BCUT2D eigenvalue weighted by Crippen LogP contribution is -1.96. The molecule has 3 aromatic heterocycles. The molecule has 0 radical (unpaired) electrons. The molecule has 21 heavy (non-hydrogen) atoms. The Bertz CT molecular complexity index is 789. The standard InChI is InChI=1S/C13H7BrClNO2S3/c14-7-4-10(21-12(7)15)13-16-8(5-19-13)9-2-1-6(20-9)3-11(17)18/h1-2,4-5H,3H2,(H,17,18). The third-order valence-electron chi connectivity index (χ3n) is 2.60. The number of thiazole rings is 1. The third kappa shape index (κ3) is 3.37. The van der Waals surface area contributed by atoms with Crippen molar-refractivity contribution in [3.05, 3.63) is 37.3 Å². The van der Waals surface area contributed by atoms with E-state index >= 15 is 0 Å². The maximum Gasteiger partial charge on any atom is 0.308 e. The first-order chi connectivity index (χ1) is 10.0. The number of carboxylic acid groups (broad SMARTS) is 1. The van der Waals surface area contributed by atoms with E-state index in [-0.39, 0.29) is 6.42 Å². The van der Waals surface area contributed by atoms with Gasteiger partial charge in [-0.15, -0.1) is 34.0 Å². The number of hydrogen-bond donors (Lipinski definition) is 1. The van der Waals surface area contributed by atoms with Gasteiger partial charge in [0.1, 0.15) is 9.34 Å². The molecule has 0 saturated heterocycles. The first-order valence-electron chi connectivity index (χ1n) is 5.74. The molecule has 0 aliphatic carbocycles. The predicted octanol–water partition coefficient (Wildman–Crippen LogP) is 5.64. The maximum atomic E-state index is 10.7. The van der Waals surface area contributed by atoms with Gasteiger partial charge in [0.15, 0.2) is 0 Å². The molecule has 0 amide bonds. The van der Waals surface area contributed by atoms with Gasteiger partial charge in [0.05, 0.1) is 21.9 Å². The first-order valence-corrected chi connectivity index (χ1v) is 9.43. The van der Waals surface area contributed by atoms with Crippen LogP contribution in [0, 0.1) is 0 Å². The molecule has 3 rings (SSSR count). The van der Waals surface area contributed by atoms with Crippen LogP contribution in [0.5, 0.6) is 0 Å². The van der Waals surface area contributed by atoms with Crippen LogP contribution in [0.2, 0.25) is 4.34 Å². The molecule has 0 bridgehead atoms. The zero-order valence-corrected chi connectivity index (χ0v) is 15.1. The van der Waals surface area contributed by atoms with E-state index in [2.05, 4.69) is 20.9 Å². The van der Waals surface area contributed by atoms with E-state index in [4.69, 9.17) is 16.7 Å². The fraction of sp³-hybridized carbons (Fsp3) is 0.0769. The monoisotopic (exact) mass is 419 g/mol. The summed E-state index contributed by atoms with van der Waals surface area (Å²) < 4.78 is 1.59. The van der Waals surface area contributed by atoms with E-state index in [1.165, 1.54) is 22.7 Å². The highest BCUT2D eigenvalue weighted by Gasteiger charge is 2.13. The van der Waals surface area contributed by atoms with Crippen molar-refractivity contribution in [3.8, 4) is 20.5 Å². The summed E-state index contributed by atoms with van der Waals surface area (Å²) in [5.74, 6) is -0.819. The number of rotatable bonds is 4. The van der Waals surface area contributed by atoms with Gasteiger partial charge in [-0.2, -0.15) is 0 Å². The zero-order valence-electron chi connectivity index (χ0n) is 10.3. The summed E-state index contributed by atoms with van der Waals surface area (Å²) in [6, 6.07) is 5.71. The maximum absolute atomic E-state index is 10.7. The number of nitrogens with zero attached hydrogens (tertiary/aromatic N) is 1. The van der Waals surface area contributed by atoms with Gasteiger partial charge in [0, 0.05) is 14.7 Å². The summed E-state index contributed by atoms with van der Waals surface area (Å²) in [4.78, 5) is 18.2. The number of halogens is 2. The number of thiophene rings is 2. The normalized spacial score (nSPS) is 11.0.